The van der Waals surface area contributed by atoms with Crippen molar-refractivity contribution in [2.75, 3.05) is 14.1 Å². The van der Waals surface area contributed by atoms with Crippen molar-refractivity contribution in [2.24, 2.45) is 0 Å². The van der Waals surface area contributed by atoms with E-state index in [0.717, 1.165) is 31.4 Å². The second-order valence-electron chi connectivity index (χ2n) is 17.7. The molecular weight excluding hydrogens is 963 g/mol. The van der Waals surface area contributed by atoms with E-state index >= 15 is 0 Å². The number of benzene rings is 7. The molecule has 4 aliphatic rings. The Morgan fingerprint density at radius 3 is 1.58 bits per heavy atom. The smallest absolute Gasteiger partial charge is 0.211 e. The number of fused-ring (bicyclic) bond motifs is 3. The lowest BCUT2D eigenvalue weighted by atomic mass is 9.83. The number of nitrogens with zero attached hydrogens (tertiary/aromatic N) is 1. The lowest BCUT2D eigenvalue weighted by molar-refractivity contribution is 0.0959. The number of hydrogen-bond donors (Lipinski definition) is 0. The highest BCUT2D eigenvalue weighted by atomic mass is 32.2. The summed E-state index contributed by atoms with van der Waals surface area (Å²) in [7, 11) is 3.54. The molecule has 0 N–H and O–H groups in total. The molecule has 0 fully saturated rings. The van der Waals surface area contributed by atoms with Crippen LogP contribution in [0.5, 0.6) is 0 Å². The minimum absolute atomic E-state index is 0.165. The van der Waals surface area contributed by atoms with Crippen LogP contribution in [0, 0.1) is 0 Å². The molecule has 7 aromatic carbocycles. The fraction of sp³-hybridized carbons (Fsp3) is 0.0476. The van der Waals surface area contributed by atoms with Gasteiger partial charge in [0.05, 0.1) is 14.7 Å². The van der Waals surface area contributed by atoms with Gasteiger partial charge in [-0.25, -0.2) is 0 Å². The number of Topliss-reactive ketones (excluding diaryl/α,β-unsaturated/α-hetero) is 6. The predicted octanol–water partition coefficient (Wildman–Crippen LogP) is 13.9. The molecule has 0 radical (unpaired) electrons. The zero-order chi connectivity index (χ0) is 50.3. The van der Waals surface area contributed by atoms with Gasteiger partial charge >= 0.3 is 0 Å². The number of likely N-dealkylation sites (N-methyl/N-ethyl adjacent to an activating group) is 1. The van der Waals surface area contributed by atoms with E-state index in [2.05, 4.69) is 11.5 Å². The SMILES string of the molecule is CN(C)C1=C(Sc2ccccc2)C(=O)c2cc(-c3ccc(CC4=C(Sc5ccccc5)C(=O)c5ccc(-c6cccc(C7=C(SC8=CC=C=C=C8)C(=O)c8ccccc8C7=O)c6)cc5C4=O)cc3)ccc2C1=O. The second kappa shape index (κ2) is 19.7. The van der Waals surface area contributed by atoms with Gasteiger partial charge in [-0.2, -0.15) is 0 Å². The zero-order valence-corrected chi connectivity index (χ0v) is 41.7. The van der Waals surface area contributed by atoms with Crippen molar-refractivity contribution in [3.05, 3.63) is 275 Å². The number of ketones is 6. The lowest BCUT2D eigenvalue weighted by Crippen LogP contribution is -2.29. The van der Waals surface area contributed by atoms with Crippen LogP contribution in [-0.2, 0) is 6.42 Å². The number of rotatable bonds is 12. The third-order valence-electron chi connectivity index (χ3n) is 12.9. The van der Waals surface area contributed by atoms with E-state index in [9.17, 15) is 28.8 Å². The van der Waals surface area contributed by atoms with Crippen molar-refractivity contribution in [2.45, 2.75) is 16.2 Å². The summed E-state index contributed by atoms with van der Waals surface area (Å²) < 4.78 is 0. The van der Waals surface area contributed by atoms with Gasteiger partial charge in [0.25, 0.3) is 0 Å². The monoisotopic (exact) mass is 1000 g/mol. The van der Waals surface area contributed by atoms with E-state index < -0.39 is 0 Å². The second-order valence-corrected chi connectivity index (χ2v) is 20.9. The van der Waals surface area contributed by atoms with E-state index in [1.54, 1.807) is 79.7 Å². The molecule has 0 spiro atoms. The van der Waals surface area contributed by atoms with Gasteiger partial charge < -0.3 is 4.90 Å². The topological polar surface area (TPSA) is 106 Å². The summed E-state index contributed by atoms with van der Waals surface area (Å²) >= 11 is 3.76. The van der Waals surface area contributed by atoms with Crippen molar-refractivity contribution < 1.29 is 28.8 Å². The summed E-state index contributed by atoms with van der Waals surface area (Å²) in [6.07, 6.45) is 5.42. The van der Waals surface area contributed by atoms with Crippen LogP contribution in [0.15, 0.2) is 240 Å². The summed E-state index contributed by atoms with van der Waals surface area (Å²) in [6, 6.07) is 51.5. The van der Waals surface area contributed by atoms with E-state index in [1.165, 1.54) is 35.3 Å². The average Bonchev–Trinajstić information content (AvgIpc) is 3.42. The van der Waals surface area contributed by atoms with Gasteiger partial charge in [-0.1, -0.05) is 162 Å². The number of carbonyl (C=O) groups is 6. The third-order valence-corrected chi connectivity index (χ3v) is 16.2. The first kappa shape index (κ1) is 47.0. The minimum atomic E-state index is -0.273. The van der Waals surface area contributed by atoms with E-state index in [0.29, 0.717) is 70.5 Å². The molecule has 350 valence electrons. The molecule has 0 aromatic heterocycles. The fourth-order valence-corrected chi connectivity index (χ4v) is 12.4. The highest BCUT2D eigenvalue weighted by Gasteiger charge is 2.37. The molecule has 7 aromatic rings. The quantitative estimate of drug-likeness (QED) is 0.110. The third kappa shape index (κ3) is 8.93. The van der Waals surface area contributed by atoms with E-state index in [-0.39, 0.29) is 52.3 Å². The Bertz CT molecular complexity index is 3830. The standard InChI is InChI=1S/C63H39NO6S3/c1-64(2)54-57(67)48-31-29-40(35-51(48)60(70)63(54)73-45-21-10-5-11-22-45)38-27-25-37(26-28-38)33-52-55(65)50-36-41(30-32-49(50)58(68)61(52)71-43-17-6-3-7-18-43)39-15-14-16-42(34-39)53-56(66)46-23-12-13-24-47(46)59(69)62(53)72-44-19-8-4-9-20-44/h3,5-8,10-32,34-36H,33H2,1-2H3. The number of hydrogen-bond acceptors (Lipinski definition) is 10. The lowest BCUT2D eigenvalue weighted by Gasteiger charge is -2.25. The summed E-state index contributed by atoms with van der Waals surface area (Å²) in [5, 5.41) is 0. The Morgan fingerprint density at radius 2 is 0.932 bits per heavy atom. The molecule has 11 rings (SSSR count). The number of carbonyl (C=O) groups excluding carboxylic acids is 6. The Labute approximate surface area is 434 Å². The number of allylic oxidation sites excluding steroid dienone is 9. The zero-order valence-electron chi connectivity index (χ0n) is 39.2. The van der Waals surface area contributed by atoms with Crippen molar-refractivity contribution >= 4 is 75.6 Å². The van der Waals surface area contributed by atoms with E-state index in [1.807, 2.05) is 127 Å². The van der Waals surface area contributed by atoms with Crippen molar-refractivity contribution in [1.29, 1.82) is 0 Å². The van der Waals surface area contributed by atoms with Gasteiger partial charge in [0.15, 0.2) is 11.6 Å². The van der Waals surface area contributed by atoms with Crippen LogP contribution in [0.4, 0.5) is 0 Å². The van der Waals surface area contributed by atoms with Gasteiger partial charge in [0, 0.05) is 85.8 Å². The van der Waals surface area contributed by atoms with Gasteiger partial charge in [-0.3, -0.25) is 28.8 Å². The maximum absolute atomic E-state index is 15.0. The maximum Gasteiger partial charge on any atom is 0.211 e. The summed E-state index contributed by atoms with van der Waals surface area (Å²) in [5.41, 5.74) is 13.0. The van der Waals surface area contributed by atoms with Crippen molar-refractivity contribution in [3.8, 4) is 22.3 Å². The van der Waals surface area contributed by atoms with Gasteiger partial charge in [-0.05, 0) is 100 Å². The predicted molar refractivity (Wildman–Crippen MR) is 291 cm³/mol. The van der Waals surface area contributed by atoms with Crippen LogP contribution in [0.3, 0.4) is 0 Å². The molecule has 0 atom stereocenters. The Morgan fingerprint density at radius 1 is 0.411 bits per heavy atom. The molecule has 0 saturated carbocycles. The molecule has 0 bridgehead atoms. The fourth-order valence-electron chi connectivity index (χ4n) is 9.29. The summed E-state index contributed by atoms with van der Waals surface area (Å²) in [5.74, 6) is -1.48. The highest BCUT2D eigenvalue weighted by Crippen LogP contribution is 2.44. The Balaban J connectivity index is 0.915. The largest absolute Gasteiger partial charge is 0.373 e. The molecule has 0 saturated heterocycles. The Hall–Kier alpha value is -8.33. The van der Waals surface area contributed by atoms with Crippen LogP contribution in [0.25, 0.3) is 27.8 Å². The molecule has 10 heteroatoms. The van der Waals surface area contributed by atoms with Gasteiger partial charge in [-0.15, -0.1) is 0 Å². The molecule has 4 aliphatic carbocycles. The summed E-state index contributed by atoms with van der Waals surface area (Å²) in [6.45, 7) is 0. The first-order valence-corrected chi connectivity index (χ1v) is 25.7. The van der Waals surface area contributed by atoms with E-state index in [4.69, 9.17) is 0 Å². The van der Waals surface area contributed by atoms with Crippen molar-refractivity contribution in [3.63, 3.8) is 0 Å². The molecule has 73 heavy (non-hydrogen) atoms. The average molecular weight is 1000 g/mol. The van der Waals surface area contributed by atoms with Crippen LogP contribution >= 0.6 is 35.3 Å². The van der Waals surface area contributed by atoms with Crippen LogP contribution in [0.2, 0.25) is 0 Å². The minimum Gasteiger partial charge on any atom is -0.373 e. The summed E-state index contributed by atoms with van der Waals surface area (Å²) in [4.78, 5) is 91.3. The van der Waals surface area contributed by atoms with Crippen molar-refractivity contribution in [1.82, 2.24) is 4.90 Å². The molecule has 0 aliphatic heterocycles. The van der Waals surface area contributed by atoms with Gasteiger partial charge in [0.2, 0.25) is 23.1 Å². The molecule has 0 amide bonds. The molecular formula is C63H39NO6S3. The molecule has 0 unspecified atom stereocenters. The van der Waals surface area contributed by atoms with Gasteiger partial charge in [0.1, 0.15) is 5.70 Å². The van der Waals surface area contributed by atoms with Crippen LogP contribution in [-0.4, -0.2) is 53.7 Å². The molecule has 7 nitrogen and oxygen atoms in total. The first-order valence-electron chi connectivity index (χ1n) is 23.3. The highest BCUT2D eigenvalue weighted by molar-refractivity contribution is 8.08. The van der Waals surface area contributed by atoms with Crippen LogP contribution < -0.4 is 0 Å². The molecule has 0 heterocycles. The maximum atomic E-state index is 15.0. The number of thioether (sulfide) groups is 3. The normalized spacial score (nSPS) is 15.0. The Kier molecular flexibility index (Phi) is 12.7. The first-order chi connectivity index (χ1) is 35.5. The van der Waals surface area contributed by atoms with Crippen LogP contribution in [0.1, 0.15) is 73.3 Å².